The standard InChI is InChI=1S/C21H30N4O2/c1-3-26-15-8-7-13-24-21(22-2)25-16-19-12-9-14-23-20(19)27-17-18-10-5-4-6-11-18/h4-6,9-12,14H,3,7-8,13,15-17H2,1-2H3,(H2,22,24,25). The maximum atomic E-state index is 5.90. The van der Waals surface area contributed by atoms with Crippen molar-refractivity contribution in [1.29, 1.82) is 0 Å². The molecule has 27 heavy (non-hydrogen) atoms. The van der Waals surface area contributed by atoms with E-state index >= 15 is 0 Å². The summed E-state index contributed by atoms with van der Waals surface area (Å²) in [5.41, 5.74) is 2.11. The Morgan fingerprint density at radius 3 is 2.70 bits per heavy atom. The van der Waals surface area contributed by atoms with Gasteiger partial charge in [0, 0.05) is 45.1 Å². The van der Waals surface area contributed by atoms with Crippen molar-refractivity contribution in [2.45, 2.75) is 32.9 Å². The smallest absolute Gasteiger partial charge is 0.218 e. The van der Waals surface area contributed by atoms with Crippen molar-refractivity contribution in [3.05, 3.63) is 59.8 Å². The third-order valence-corrected chi connectivity index (χ3v) is 3.95. The molecule has 0 spiro atoms. The van der Waals surface area contributed by atoms with E-state index < -0.39 is 0 Å². The molecule has 0 unspecified atom stereocenters. The van der Waals surface area contributed by atoms with E-state index in [2.05, 4.69) is 20.6 Å². The van der Waals surface area contributed by atoms with Crippen LogP contribution in [0.2, 0.25) is 0 Å². The fraction of sp³-hybridized carbons (Fsp3) is 0.429. The Morgan fingerprint density at radius 1 is 1.07 bits per heavy atom. The molecule has 2 aromatic rings. The second kappa shape index (κ2) is 12.7. The zero-order valence-corrected chi connectivity index (χ0v) is 16.3. The van der Waals surface area contributed by atoms with E-state index in [-0.39, 0.29) is 0 Å². The summed E-state index contributed by atoms with van der Waals surface area (Å²) in [4.78, 5) is 8.63. The number of nitrogens with zero attached hydrogens (tertiary/aromatic N) is 2. The van der Waals surface area contributed by atoms with E-state index in [4.69, 9.17) is 9.47 Å². The fourth-order valence-electron chi connectivity index (χ4n) is 2.49. The summed E-state index contributed by atoms with van der Waals surface area (Å²) in [5, 5.41) is 6.63. The summed E-state index contributed by atoms with van der Waals surface area (Å²) in [6.45, 7) is 5.55. The van der Waals surface area contributed by atoms with Crippen LogP contribution in [0, 0.1) is 0 Å². The summed E-state index contributed by atoms with van der Waals surface area (Å²) < 4.78 is 11.2. The molecule has 1 aromatic heterocycles. The molecule has 0 aliphatic carbocycles. The van der Waals surface area contributed by atoms with Crippen LogP contribution in [-0.2, 0) is 17.9 Å². The second-order valence-corrected chi connectivity index (χ2v) is 6.00. The van der Waals surface area contributed by atoms with Gasteiger partial charge in [0.1, 0.15) is 6.61 Å². The van der Waals surface area contributed by atoms with Gasteiger partial charge in [0.15, 0.2) is 5.96 Å². The van der Waals surface area contributed by atoms with E-state index in [1.54, 1.807) is 13.2 Å². The lowest BCUT2D eigenvalue weighted by Crippen LogP contribution is -2.37. The van der Waals surface area contributed by atoms with E-state index in [1.165, 1.54) is 0 Å². The Balaban J connectivity index is 1.78. The molecule has 0 aliphatic rings. The monoisotopic (exact) mass is 370 g/mol. The molecule has 1 heterocycles. The number of nitrogens with one attached hydrogen (secondary N) is 2. The minimum absolute atomic E-state index is 0.498. The highest BCUT2D eigenvalue weighted by Gasteiger charge is 2.06. The fourth-order valence-corrected chi connectivity index (χ4v) is 2.49. The minimum Gasteiger partial charge on any atom is -0.473 e. The summed E-state index contributed by atoms with van der Waals surface area (Å²) in [6.07, 6.45) is 3.83. The molecule has 0 atom stereocenters. The predicted molar refractivity (Wildman–Crippen MR) is 109 cm³/mol. The Morgan fingerprint density at radius 2 is 1.93 bits per heavy atom. The van der Waals surface area contributed by atoms with Crippen molar-refractivity contribution in [3.8, 4) is 5.88 Å². The van der Waals surface area contributed by atoms with E-state index in [0.29, 0.717) is 19.0 Å². The van der Waals surface area contributed by atoms with Gasteiger partial charge >= 0.3 is 0 Å². The average Bonchev–Trinajstić information content (AvgIpc) is 2.72. The maximum absolute atomic E-state index is 5.90. The Hall–Kier alpha value is -2.60. The lowest BCUT2D eigenvalue weighted by molar-refractivity contribution is 0.143. The molecule has 0 aliphatic heterocycles. The number of hydrogen-bond donors (Lipinski definition) is 2. The highest BCUT2D eigenvalue weighted by Crippen LogP contribution is 2.15. The van der Waals surface area contributed by atoms with Crippen molar-refractivity contribution in [1.82, 2.24) is 15.6 Å². The van der Waals surface area contributed by atoms with Crippen LogP contribution in [0.1, 0.15) is 30.9 Å². The van der Waals surface area contributed by atoms with Gasteiger partial charge in [-0.3, -0.25) is 4.99 Å². The van der Waals surface area contributed by atoms with Gasteiger partial charge in [0.05, 0.1) is 0 Å². The number of benzene rings is 1. The first-order valence-electron chi connectivity index (χ1n) is 9.46. The summed E-state index contributed by atoms with van der Waals surface area (Å²) in [7, 11) is 1.77. The highest BCUT2D eigenvalue weighted by molar-refractivity contribution is 5.79. The Labute approximate surface area is 162 Å². The first kappa shape index (κ1) is 20.7. The number of aromatic nitrogens is 1. The zero-order valence-electron chi connectivity index (χ0n) is 16.3. The van der Waals surface area contributed by atoms with Crippen LogP contribution < -0.4 is 15.4 Å². The maximum Gasteiger partial charge on any atom is 0.218 e. The molecule has 0 saturated heterocycles. The summed E-state index contributed by atoms with van der Waals surface area (Å²) in [5.74, 6) is 1.41. The van der Waals surface area contributed by atoms with Gasteiger partial charge in [0.2, 0.25) is 5.88 Å². The molecule has 0 fully saturated rings. The zero-order chi connectivity index (χ0) is 19.2. The average molecular weight is 370 g/mol. The molecule has 0 radical (unpaired) electrons. The largest absolute Gasteiger partial charge is 0.473 e. The molecule has 0 amide bonds. The van der Waals surface area contributed by atoms with Gasteiger partial charge < -0.3 is 20.1 Å². The molecule has 0 saturated carbocycles. The topological polar surface area (TPSA) is 67.8 Å². The molecule has 0 bridgehead atoms. The molecule has 2 N–H and O–H groups in total. The van der Waals surface area contributed by atoms with Gasteiger partial charge in [-0.15, -0.1) is 0 Å². The molecule has 6 heteroatoms. The minimum atomic E-state index is 0.498. The third kappa shape index (κ3) is 8.09. The highest BCUT2D eigenvalue weighted by atomic mass is 16.5. The van der Waals surface area contributed by atoms with Gasteiger partial charge in [0.25, 0.3) is 0 Å². The van der Waals surface area contributed by atoms with Crippen LogP contribution in [0.4, 0.5) is 0 Å². The van der Waals surface area contributed by atoms with E-state index in [1.807, 2.05) is 49.4 Å². The summed E-state index contributed by atoms with van der Waals surface area (Å²) in [6, 6.07) is 14.0. The van der Waals surface area contributed by atoms with Crippen LogP contribution in [0.15, 0.2) is 53.7 Å². The molecule has 6 nitrogen and oxygen atoms in total. The van der Waals surface area contributed by atoms with Crippen molar-refractivity contribution in [2.24, 2.45) is 4.99 Å². The van der Waals surface area contributed by atoms with Crippen molar-refractivity contribution in [2.75, 3.05) is 26.8 Å². The van der Waals surface area contributed by atoms with Crippen LogP contribution in [0.3, 0.4) is 0 Å². The SMILES string of the molecule is CCOCCCCNC(=NC)NCc1cccnc1OCc1ccccc1. The number of aliphatic imine (C=N–C) groups is 1. The van der Waals surface area contributed by atoms with Crippen molar-refractivity contribution >= 4 is 5.96 Å². The lowest BCUT2D eigenvalue weighted by atomic mass is 10.2. The van der Waals surface area contributed by atoms with E-state index in [9.17, 15) is 0 Å². The van der Waals surface area contributed by atoms with Gasteiger partial charge in [-0.25, -0.2) is 4.98 Å². The molecular formula is C21H30N4O2. The predicted octanol–water partition coefficient (Wildman–Crippen LogP) is 3.14. The first-order chi connectivity index (χ1) is 13.3. The van der Waals surface area contributed by atoms with E-state index in [0.717, 1.165) is 49.7 Å². The number of hydrogen-bond acceptors (Lipinski definition) is 4. The van der Waals surface area contributed by atoms with Gasteiger partial charge in [-0.1, -0.05) is 36.4 Å². The Bertz CT molecular complexity index is 677. The lowest BCUT2D eigenvalue weighted by Gasteiger charge is -2.14. The number of guanidine groups is 1. The number of pyridine rings is 1. The number of unbranched alkanes of at least 4 members (excludes halogenated alkanes) is 1. The van der Waals surface area contributed by atoms with Crippen LogP contribution in [0.25, 0.3) is 0 Å². The quantitative estimate of drug-likeness (QED) is 0.361. The Kier molecular flexibility index (Phi) is 9.74. The van der Waals surface area contributed by atoms with Crippen molar-refractivity contribution < 1.29 is 9.47 Å². The molecule has 2 rings (SSSR count). The van der Waals surface area contributed by atoms with Crippen LogP contribution in [-0.4, -0.2) is 37.7 Å². The van der Waals surface area contributed by atoms with Crippen LogP contribution in [0.5, 0.6) is 5.88 Å². The number of rotatable bonds is 11. The number of ether oxygens (including phenoxy) is 2. The molecular weight excluding hydrogens is 340 g/mol. The first-order valence-corrected chi connectivity index (χ1v) is 9.46. The van der Waals surface area contributed by atoms with Crippen LogP contribution >= 0.6 is 0 Å². The third-order valence-electron chi connectivity index (χ3n) is 3.95. The van der Waals surface area contributed by atoms with Crippen molar-refractivity contribution in [3.63, 3.8) is 0 Å². The van der Waals surface area contributed by atoms with Gasteiger partial charge in [-0.2, -0.15) is 0 Å². The van der Waals surface area contributed by atoms with Gasteiger partial charge in [-0.05, 0) is 31.4 Å². The normalized spacial score (nSPS) is 11.3. The second-order valence-electron chi connectivity index (χ2n) is 6.00. The molecule has 1 aromatic carbocycles. The molecule has 146 valence electrons. The summed E-state index contributed by atoms with van der Waals surface area (Å²) >= 11 is 0.